The maximum Gasteiger partial charge on any atom is 0.218 e. The minimum Gasteiger partial charge on any atom is -0.395 e. The predicted molar refractivity (Wildman–Crippen MR) is 72.1 cm³/mol. The molecule has 2 rings (SSSR count). The van der Waals surface area contributed by atoms with Crippen molar-refractivity contribution < 1.29 is 18.3 Å². The molecule has 1 heterocycles. The zero-order chi connectivity index (χ0) is 13.9. The van der Waals surface area contributed by atoms with Crippen LogP contribution in [0.1, 0.15) is 12.0 Å². The van der Waals surface area contributed by atoms with Gasteiger partial charge in [0, 0.05) is 13.7 Å². The van der Waals surface area contributed by atoms with Crippen molar-refractivity contribution in [1.29, 1.82) is 0 Å². The van der Waals surface area contributed by atoms with E-state index in [0.717, 1.165) is 5.56 Å². The maximum absolute atomic E-state index is 12.4. The highest BCUT2D eigenvalue weighted by molar-refractivity contribution is 7.88. The third-order valence-electron chi connectivity index (χ3n) is 3.42. The van der Waals surface area contributed by atoms with Crippen LogP contribution in [0.3, 0.4) is 0 Å². The Hall–Kier alpha value is -0.950. The first-order chi connectivity index (χ1) is 9.06. The number of benzene rings is 1. The molecule has 0 radical (unpaired) electrons. The summed E-state index contributed by atoms with van der Waals surface area (Å²) in [7, 11) is -1.86. The second-order valence-corrected chi connectivity index (χ2v) is 6.66. The lowest BCUT2D eigenvalue weighted by molar-refractivity contribution is 0.113. The van der Waals surface area contributed by atoms with Gasteiger partial charge in [0.1, 0.15) is 0 Å². The molecular weight excluding hydrogens is 266 g/mol. The Morgan fingerprint density at radius 1 is 1.37 bits per heavy atom. The zero-order valence-electron chi connectivity index (χ0n) is 10.9. The Kier molecular flexibility index (Phi) is 4.57. The Labute approximate surface area is 113 Å². The number of rotatable bonds is 5. The van der Waals surface area contributed by atoms with Crippen LogP contribution in [0.5, 0.6) is 0 Å². The Morgan fingerprint density at radius 2 is 2.05 bits per heavy atom. The first-order valence-electron chi connectivity index (χ1n) is 6.24. The van der Waals surface area contributed by atoms with Crippen LogP contribution in [0.4, 0.5) is 0 Å². The van der Waals surface area contributed by atoms with Gasteiger partial charge in [-0.15, -0.1) is 0 Å². The van der Waals surface area contributed by atoms with Crippen molar-refractivity contribution in [2.75, 3.05) is 20.3 Å². The molecule has 0 saturated carbocycles. The van der Waals surface area contributed by atoms with E-state index in [0.29, 0.717) is 13.0 Å². The Balaban J connectivity index is 2.15. The summed E-state index contributed by atoms with van der Waals surface area (Å²) < 4.78 is 31.4. The molecule has 0 aromatic heterocycles. The molecule has 6 heteroatoms. The standard InChI is InChI=1S/C13H19NO4S/c1-18-13-7-12(9-15)14(8-13)19(16,17)10-11-5-3-2-4-6-11/h2-6,12-13,15H,7-10H2,1H3/t12-,13-/m0/s1. The van der Waals surface area contributed by atoms with Crippen molar-refractivity contribution in [2.24, 2.45) is 0 Å². The summed E-state index contributed by atoms with van der Waals surface area (Å²) in [6.07, 6.45) is 0.406. The van der Waals surface area contributed by atoms with Crippen molar-refractivity contribution in [3.8, 4) is 0 Å². The van der Waals surface area contributed by atoms with Crippen LogP contribution in [0.15, 0.2) is 30.3 Å². The van der Waals surface area contributed by atoms with Gasteiger partial charge < -0.3 is 9.84 Å². The van der Waals surface area contributed by atoms with Crippen LogP contribution in [-0.4, -0.2) is 50.2 Å². The molecule has 1 N–H and O–H groups in total. The number of aliphatic hydroxyl groups excluding tert-OH is 1. The second kappa shape index (κ2) is 6.00. The minimum absolute atomic E-state index is 0.0409. The molecule has 19 heavy (non-hydrogen) atoms. The highest BCUT2D eigenvalue weighted by atomic mass is 32.2. The fourth-order valence-electron chi connectivity index (χ4n) is 2.39. The van der Waals surface area contributed by atoms with Gasteiger partial charge in [0.2, 0.25) is 10.0 Å². The van der Waals surface area contributed by atoms with Gasteiger partial charge in [-0.25, -0.2) is 8.42 Å². The van der Waals surface area contributed by atoms with E-state index in [1.807, 2.05) is 18.2 Å². The molecule has 1 aromatic carbocycles. The van der Waals surface area contributed by atoms with Gasteiger partial charge >= 0.3 is 0 Å². The third-order valence-corrected chi connectivity index (χ3v) is 5.28. The average Bonchev–Trinajstić information content (AvgIpc) is 2.83. The maximum atomic E-state index is 12.4. The third kappa shape index (κ3) is 3.33. The molecule has 1 fully saturated rings. The molecule has 1 aromatic rings. The molecule has 1 aliphatic heterocycles. The van der Waals surface area contributed by atoms with E-state index in [2.05, 4.69) is 0 Å². The number of aliphatic hydroxyl groups is 1. The smallest absolute Gasteiger partial charge is 0.218 e. The van der Waals surface area contributed by atoms with E-state index in [9.17, 15) is 13.5 Å². The number of hydrogen-bond acceptors (Lipinski definition) is 4. The quantitative estimate of drug-likeness (QED) is 0.860. The largest absolute Gasteiger partial charge is 0.395 e. The van der Waals surface area contributed by atoms with Crippen LogP contribution < -0.4 is 0 Å². The van der Waals surface area contributed by atoms with E-state index in [4.69, 9.17) is 4.74 Å². The van der Waals surface area contributed by atoms with E-state index in [-0.39, 0.29) is 24.5 Å². The highest BCUT2D eigenvalue weighted by Crippen LogP contribution is 2.25. The van der Waals surface area contributed by atoms with Crippen molar-refractivity contribution in [3.05, 3.63) is 35.9 Å². The van der Waals surface area contributed by atoms with Crippen molar-refractivity contribution in [3.63, 3.8) is 0 Å². The summed E-state index contributed by atoms with van der Waals surface area (Å²) in [5, 5.41) is 9.32. The molecule has 0 unspecified atom stereocenters. The minimum atomic E-state index is -3.42. The summed E-state index contributed by atoms with van der Waals surface area (Å²) in [6.45, 7) is 0.144. The Morgan fingerprint density at radius 3 is 2.63 bits per heavy atom. The molecule has 2 atom stereocenters. The highest BCUT2D eigenvalue weighted by Gasteiger charge is 2.39. The van der Waals surface area contributed by atoms with Gasteiger partial charge in [-0.05, 0) is 12.0 Å². The van der Waals surface area contributed by atoms with Crippen LogP contribution in [0, 0.1) is 0 Å². The van der Waals surface area contributed by atoms with E-state index < -0.39 is 10.0 Å². The van der Waals surface area contributed by atoms with Crippen LogP contribution in [0.25, 0.3) is 0 Å². The monoisotopic (exact) mass is 285 g/mol. The predicted octanol–water partition coefficient (Wildman–Crippen LogP) is 0.598. The van der Waals surface area contributed by atoms with Crippen molar-refractivity contribution in [2.45, 2.75) is 24.3 Å². The van der Waals surface area contributed by atoms with E-state index in [1.54, 1.807) is 19.2 Å². The molecular formula is C13H19NO4S. The normalized spacial score (nSPS) is 24.7. The van der Waals surface area contributed by atoms with Gasteiger partial charge in [-0.2, -0.15) is 4.31 Å². The zero-order valence-corrected chi connectivity index (χ0v) is 11.7. The summed E-state index contributed by atoms with van der Waals surface area (Å²) in [4.78, 5) is 0. The van der Waals surface area contributed by atoms with E-state index in [1.165, 1.54) is 4.31 Å². The number of methoxy groups -OCH3 is 1. The number of nitrogens with zero attached hydrogens (tertiary/aromatic N) is 1. The fourth-order valence-corrected chi connectivity index (χ4v) is 4.17. The first-order valence-corrected chi connectivity index (χ1v) is 7.85. The summed E-state index contributed by atoms with van der Waals surface area (Å²) in [5.74, 6) is -0.0409. The number of ether oxygens (including phenoxy) is 1. The molecule has 0 bridgehead atoms. The molecule has 1 aliphatic rings. The SMILES string of the molecule is CO[C@H]1C[C@@H](CO)N(S(=O)(=O)Cc2ccccc2)C1. The van der Waals surface area contributed by atoms with Crippen LogP contribution in [0.2, 0.25) is 0 Å². The van der Waals surface area contributed by atoms with Crippen LogP contribution >= 0.6 is 0 Å². The van der Waals surface area contributed by atoms with Gasteiger partial charge in [-0.3, -0.25) is 0 Å². The summed E-state index contributed by atoms with van der Waals surface area (Å²) in [6, 6.07) is 8.68. The lowest BCUT2D eigenvalue weighted by Crippen LogP contribution is -2.38. The Bertz CT molecular complexity index is 503. The summed E-state index contributed by atoms with van der Waals surface area (Å²) >= 11 is 0. The van der Waals surface area contributed by atoms with Gasteiger partial charge in [0.25, 0.3) is 0 Å². The molecule has 106 valence electrons. The van der Waals surface area contributed by atoms with Crippen LogP contribution in [-0.2, 0) is 20.5 Å². The topological polar surface area (TPSA) is 66.8 Å². The van der Waals surface area contributed by atoms with E-state index >= 15 is 0 Å². The van der Waals surface area contributed by atoms with Gasteiger partial charge in [-0.1, -0.05) is 30.3 Å². The lowest BCUT2D eigenvalue weighted by Gasteiger charge is -2.22. The van der Waals surface area contributed by atoms with Gasteiger partial charge in [0.15, 0.2) is 0 Å². The fraction of sp³-hybridized carbons (Fsp3) is 0.538. The van der Waals surface area contributed by atoms with Crippen molar-refractivity contribution in [1.82, 2.24) is 4.31 Å². The summed E-state index contributed by atoms with van der Waals surface area (Å²) in [5.41, 5.74) is 0.750. The molecule has 0 aliphatic carbocycles. The number of sulfonamides is 1. The average molecular weight is 285 g/mol. The molecule has 0 amide bonds. The lowest BCUT2D eigenvalue weighted by atomic mass is 10.2. The molecule has 1 saturated heterocycles. The molecule has 0 spiro atoms. The number of hydrogen-bond donors (Lipinski definition) is 1. The second-order valence-electron chi connectivity index (χ2n) is 4.74. The molecule has 5 nitrogen and oxygen atoms in total. The van der Waals surface area contributed by atoms with Gasteiger partial charge in [0.05, 0.1) is 24.5 Å². The first kappa shape index (κ1) is 14.5. The van der Waals surface area contributed by atoms with Crippen molar-refractivity contribution >= 4 is 10.0 Å².